The molecule has 0 aliphatic rings. The van der Waals surface area contributed by atoms with Crippen molar-refractivity contribution < 1.29 is 14.7 Å². The lowest BCUT2D eigenvalue weighted by atomic mass is 10.1. The average Bonchev–Trinajstić information content (AvgIpc) is 2.37. The second-order valence-corrected chi connectivity index (χ2v) is 4.56. The van der Waals surface area contributed by atoms with Crippen molar-refractivity contribution >= 4 is 11.8 Å². The summed E-state index contributed by atoms with van der Waals surface area (Å²) < 4.78 is 0. The number of aliphatic hydroxyl groups is 1. The van der Waals surface area contributed by atoms with E-state index in [1.165, 1.54) is 4.90 Å². The van der Waals surface area contributed by atoms with Crippen LogP contribution in [0.25, 0.3) is 0 Å². The molecule has 2 amide bonds. The second-order valence-electron chi connectivity index (χ2n) is 4.56. The van der Waals surface area contributed by atoms with E-state index in [1.54, 1.807) is 12.1 Å². The molecule has 7 heteroatoms. The average molecular weight is 280 g/mol. The molecule has 7 nitrogen and oxygen atoms in total. The summed E-state index contributed by atoms with van der Waals surface area (Å²) in [7, 11) is 0. The lowest BCUT2D eigenvalue weighted by Gasteiger charge is -2.22. The number of carbonyl (C=O) groups excluding carboxylic acids is 2. The van der Waals surface area contributed by atoms with Crippen LogP contribution in [0.15, 0.2) is 24.3 Å². The molecule has 110 valence electrons. The maximum Gasteiger partial charge on any atom is 0.231 e. The van der Waals surface area contributed by atoms with E-state index < -0.39 is 17.9 Å². The monoisotopic (exact) mass is 280 g/mol. The topological polar surface area (TPSA) is 136 Å². The Morgan fingerprint density at radius 1 is 1.10 bits per heavy atom. The van der Waals surface area contributed by atoms with Gasteiger partial charge in [-0.2, -0.15) is 0 Å². The number of amides is 2. The zero-order valence-corrected chi connectivity index (χ0v) is 11.2. The minimum Gasteiger partial charge on any atom is -0.387 e. The molecule has 20 heavy (non-hydrogen) atoms. The van der Waals surface area contributed by atoms with Crippen molar-refractivity contribution in [1.82, 2.24) is 4.90 Å². The van der Waals surface area contributed by atoms with Crippen LogP contribution >= 0.6 is 0 Å². The molecule has 7 N–H and O–H groups in total. The molecule has 0 heterocycles. The van der Waals surface area contributed by atoms with Gasteiger partial charge in [0.25, 0.3) is 0 Å². The highest BCUT2D eigenvalue weighted by Gasteiger charge is 2.17. The first-order valence-corrected chi connectivity index (χ1v) is 6.18. The molecule has 1 unspecified atom stereocenters. The third kappa shape index (κ3) is 5.35. The zero-order chi connectivity index (χ0) is 15.1. The first-order valence-electron chi connectivity index (χ1n) is 6.18. The van der Waals surface area contributed by atoms with E-state index in [0.717, 1.165) is 5.56 Å². The Hall–Kier alpha value is -1.96. The van der Waals surface area contributed by atoms with Crippen LogP contribution in [0.4, 0.5) is 0 Å². The summed E-state index contributed by atoms with van der Waals surface area (Å²) in [5.41, 5.74) is 17.3. The molecular formula is C13H20N4O3. The number of benzene rings is 1. The van der Waals surface area contributed by atoms with Gasteiger partial charge < -0.3 is 22.3 Å². The normalized spacial score (nSPS) is 12.3. The van der Waals surface area contributed by atoms with Crippen molar-refractivity contribution in [2.75, 3.05) is 19.6 Å². The minimum atomic E-state index is -0.847. The van der Waals surface area contributed by atoms with Gasteiger partial charge in [0.1, 0.15) is 0 Å². The van der Waals surface area contributed by atoms with Gasteiger partial charge in [0.2, 0.25) is 11.8 Å². The maximum absolute atomic E-state index is 10.9. The number of carbonyl (C=O) groups is 2. The standard InChI is InChI=1S/C13H20N4O3/c14-5-9-1-3-10(4-2-9)11(18)6-17(7-12(15)19)8-13(16)20/h1-4,11,18H,5-8,14H2,(H2,15,19)(H2,16,20). The highest BCUT2D eigenvalue weighted by atomic mass is 16.3. The first kappa shape index (κ1) is 16.1. The number of hydrogen-bond acceptors (Lipinski definition) is 5. The maximum atomic E-state index is 10.9. The Morgan fingerprint density at radius 3 is 2.00 bits per heavy atom. The van der Waals surface area contributed by atoms with Crippen LogP contribution in [-0.4, -0.2) is 41.5 Å². The minimum absolute atomic E-state index is 0.0911. The summed E-state index contributed by atoms with van der Waals surface area (Å²) >= 11 is 0. The Kier molecular flexibility index (Phi) is 6.10. The molecule has 0 bridgehead atoms. The molecule has 0 spiro atoms. The molecule has 1 atom stereocenters. The van der Waals surface area contributed by atoms with Gasteiger partial charge in [-0.3, -0.25) is 14.5 Å². The number of rotatable bonds is 8. The molecule has 1 aromatic carbocycles. The van der Waals surface area contributed by atoms with Gasteiger partial charge in [-0.05, 0) is 11.1 Å². The zero-order valence-electron chi connectivity index (χ0n) is 11.2. The van der Waals surface area contributed by atoms with Gasteiger partial charge in [-0.25, -0.2) is 0 Å². The van der Waals surface area contributed by atoms with Crippen molar-refractivity contribution in [3.8, 4) is 0 Å². The lowest BCUT2D eigenvalue weighted by molar-refractivity contribution is -0.122. The second kappa shape index (κ2) is 7.59. The van der Waals surface area contributed by atoms with E-state index in [-0.39, 0.29) is 19.6 Å². The quantitative estimate of drug-likeness (QED) is 0.457. The van der Waals surface area contributed by atoms with Gasteiger partial charge in [0.05, 0.1) is 19.2 Å². The summed E-state index contributed by atoms with van der Waals surface area (Å²) in [5, 5.41) is 10.1. The van der Waals surface area contributed by atoms with Crippen molar-refractivity contribution in [2.24, 2.45) is 17.2 Å². The Bertz CT molecular complexity index is 445. The lowest BCUT2D eigenvalue weighted by Crippen LogP contribution is -2.41. The van der Waals surface area contributed by atoms with Crippen molar-refractivity contribution in [1.29, 1.82) is 0 Å². The smallest absolute Gasteiger partial charge is 0.231 e. The molecular weight excluding hydrogens is 260 g/mol. The number of primary amides is 2. The molecule has 0 fully saturated rings. The van der Waals surface area contributed by atoms with Crippen molar-refractivity contribution in [2.45, 2.75) is 12.6 Å². The molecule has 0 saturated carbocycles. The summed E-state index contributed by atoms with van der Waals surface area (Å²) in [6.07, 6.45) is -0.847. The summed E-state index contributed by atoms with van der Waals surface area (Å²) in [6, 6.07) is 7.12. The molecule has 1 aromatic rings. The molecule has 0 saturated heterocycles. The highest BCUT2D eigenvalue weighted by Crippen LogP contribution is 2.15. The molecule has 0 aliphatic carbocycles. The third-order valence-corrected chi connectivity index (χ3v) is 2.79. The van der Waals surface area contributed by atoms with Gasteiger partial charge in [0, 0.05) is 13.1 Å². The van der Waals surface area contributed by atoms with Gasteiger partial charge >= 0.3 is 0 Å². The van der Waals surface area contributed by atoms with Crippen LogP contribution < -0.4 is 17.2 Å². The fourth-order valence-corrected chi connectivity index (χ4v) is 1.85. The van der Waals surface area contributed by atoms with E-state index in [9.17, 15) is 14.7 Å². The number of nitrogens with zero attached hydrogens (tertiary/aromatic N) is 1. The van der Waals surface area contributed by atoms with Gasteiger partial charge in [-0.1, -0.05) is 24.3 Å². The Labute approximate surface area is 117 Å². The van der Waals surface area contributed by atoms with Gasteiger partial charge in [-0.15, -0.1) is 0 Å². The van der Waals surface area contributed by atoms with E-state index in [2.05, 4.69) is 0 Å². The van der Waals surface area contributed by atoms with Crippen LogP contribution in [0.1, 0.15) is 17.2 Å². The number of aliphatic hydroxyl groups excluding tert-OH is 1. The van der Waals surface area contributed by atoms with Crippen molar-refractivity contribution in [3.63, 3.8) is 0 Å². The largest absolute Gasteiger partial charge is 0.387 e. The SMILES string of the molecule is NCc1ccc(C(O)CN(CC(N)=O)CC(N)=O)cc1. The third-order valence-electron chi connectivity index (χ3n) is 2.79. The first-order chi connectivity index (χ1) is 9.42. The van der Waals surface area contributed by atoms with E-state index in [4.69, 9.17) is 17.2 Å². The van der Waals surface area contributed by atoms with E-state index in [0.29, 0.717) is 12.1 Å². The number of hydrogen-bond donors (Lipinski definition) is 4. The number of nitrogens with two attached hydrogens (primary N) is 3. The van der Waals surface area contributed by atoms with Crippen LogP contribution in [-0.2, 0) is 16.1 Å². The summed E-state index contributed by atoms with van der Waals surface area (Å²) in [4.78, 5) is 23.3. The molecule has 0 aliphatic heterocycles. The van der Waals surface area contributed by atoms with E-state index in [1.807, 2.05) is 12.1 Å². The Morgan fingerprint density at radius 2 is 1.60 bits per heavy atom. The van der Waals surface area contributed by atoms with Gasteiger partial charge in [0.15, 0.2) is 0 Å². The predicted molar refractivity (Wildman–Crippen MR) is 74.1 cm³/mol. The molecule has 0 aromatic heterocycles. The molecule has 1 rings (SSSR count). The van der Waals surface area contributed by atoms with Crippen LogP contribution in [0.2, 0.25) is 0 Å². The fraction of sp³-hybridized carbons (Fsp3) is 0.385. The summed E-state index contributed by atoms with van der Waals surface area (Å²) in [6.45, 7) is 0.238. The predicted octanol–water partition coefficient (Wildman–Crippen LogP) is -1.55. The van der Waals surface area contributed by atoms with Crippen LogP contribution in [0.5, 0.6) is 0 Å². The summed E-state index contributed by atoms with van der Waals surface area (Å²) in [5.74, 6) is -1.17. The van der Waals surface area contributed by atoms with Crippen molar-refractivity contribution in [3.05, 3.63) is 35.4 Å². The Balaban J connectivity index is 2.69. The molecule has 0 radical (unpaired) electrons. The van der Waals surface area contributed by atoms with Crippen LogP contribution in [0.3, 0.4) is 0 Å². The fourth-order valence-electron chi connectivity index (χ4n) is 1.85. The highest BCUT2D eigenvalue weighted by molar-refractivity contribution is 5.79. The van der Waals surface area contributed by atoms with E-state index >= 15 is 0 Å². The van der Waals surface area contributed by atoms with Crippen LogP contribution in [0, 0.1) is 0 Å².